The number of hydrogen-bond donors (Lipinski definition) is 0. The molecule has 0 saturated heterocycles. The average Bonchev–Trinajstić information content (AvgIpc) is 3.60. The molecule has 3 nitrogen and oxygen atoms in total. The van der Waals surface area contributed by atoms with Crippen LogP contribution in [0.25, 0.3) is 55.6 Å². The Hall–Kier alpha value is -3.90. The first-order valence-electron chi connectivity index (χ1n) is 20.7. The smallest absolute Gasteiger partial charge is 0.121 e. The second-order valence-corrected chi connectivity index (χ2v) is 25.8. The number of hydrogen-bond acceptors (Lipinski definition) is 3. The van der Waals surface area contributed by atoms with Crippen LogP contribution in [-0.4, -0.2) is 23.2 Å². The summed E-state index contributed by atoms with van der Waals surface area (Å²) in [6.45, 7) is 3.78. The van der Waals surface area contributed by atoms with Gasteiger partial charge in [0.1, 0.15) is 5.58 Å². The second kappa shape index (κ2) is 17.7. The second-order valence-electron chi connectivity index (χ2n) is 15.3. The van der Waals surface area contributed by atoms with Crippen LogP contribution in [0.3, 0.4) is 0 Å². The fourth-order valence-electron chi connectivity index (χ4n) is 7.08. The van der Waals surface area contributed by atoms with Crippen molar-refractivity contribution in [1.82, 2.24) is 9.97 Å². The molecular weight excluding hydrogens is 904 g/mol. The zero-order valence-corrected chi connectivity index (χ0v) is 36.1. The molecule has 7 aromatic rings. The van der Waals surface area contributed by atoms with Gasteiger partial charge in [0, 0.05) is 34.4 Å². The Labute approximate surface area is 342 Å². The Balaban J connectivity index is 0.000000208. The Bertz CT molecular complexity index is 2500. The third kappa shape index (κ3) is 9.48. The average molecular weight is 958 g/mol. The van der Waals surface area contributed by atoms with Crippen LogP contribution >= 0.6 is 0 Å². The van der Waals surface area contributed by atoms with E-state index in [0.717, 1.165) is 74.3 Å². The van der Waals surface area contributed by atoms with Crippen LogP contribution < -0.4 is 4.40 Å². The predicted octanol–water partition coefficient (Wildman–Crippen LogP) is 12.7. The summed E-state index contributed by atoms with van der Waals surface area (Å²) < 4.78 is 55.4. The van der Waals surface area contributed by atoms with Crippen LogP contribution in [0.5, 0.6) is 0 Å². The van der Waals surface area contributed by atoms with Gasteiger partial charge in [-0.15, -0.1) is 18.2 Å². The van der Waals surface area contributed by atoms with Crippen molar-refractivity contribution in [2.75, 3.05) is 0 Å². The summed E-state index contributed by atoms with van der Waals surface area (Å²) in [4.78, 5) is 9.10. The molecule has 0 spiro atoms. The van der Waals surface area contributed by atoms with Crippen molar-refractivity contribution in [2.45, 2.75) is 76.0 Å². The molecule has 8 rings (SSSR count). The standard InChI is InChI=1S/C30H26NO.C18H23FGeN.Ir/c1-3-8-21(9-4-1)18-22-16-17-31-28(19-22)27-13-7-12-26-25-15-14-24(20-29(25)32-30(26)27)23-10-5-2-6-11-23;1-13(2)10-15-11-18(14-6-8-16(19)9-7-14)21-12-17(15)20(3,4)5;/h2,5-7,10-12,14-17,19-21H,1,3-4,8-9,18H2;6,8-9,11-13H,10H2,1-5H3;/q2*-1;/i18D2;10D2;. The molecule has 1 fully saturated rings. The van der Waals surface area contributed by atoms with E-state index in [0.29, 0.717) is 22.5 Å². The number of nitrogens with zero attached hydrogens (tertiary/aromatic N) is 2. The number of pyridine rings is 2. The van der Waals surface area contributed by atoms with E-state index in [1.165, 1.54) is 18.6 Å². The third-order valence-corrected chi connectivity index (χ3v) is 14.0. The molecule has 0 amide bonds. The van der Waals surface area contributed by atoms with E-state index >= 15 is 0 Å². The molecule has 0 atom stereocenters. The molecule has 1 aliphatic carbocycles. The summed E-state index contributed by atoms with van der Waals surface area (Å²) in [5.41, 5.74) is 8.03. The number of halogens is 1. The maximum Gasteiger partial charge on any atom is 0.121 e. The Morgan fingerprint density at radius 3 is 2.37 bits per heavy atom. The summed E-state index contributed by atoms with van der Waals surface area (Å²) in [6.07, 6.45) is 6.06. The number of aromatic nitrogens is 2. The zero-order valence-electron chi connectivity index (χ0n) is 35.6. The van der Waals surface area contributed by atoms with Gasteiger partial charge in [0.15, 0.2) is 0 Å². The first-order chi connectivity index (χ1) is 27.1. The number of furan rings is 1. The van der Waals surface area contributed by atoms with Gasteiger partial charge in [-0.1, -0.05) is 97.1 Å². The quantitative estimate of drug-likeness (QED) is 0.113. The van der Waals surface area contributed by atoms with Gasteiger partial charge in [-0.25, -0.2) is 0 Å². The molecule has 0 N–H and O–H groups in total. The molecule has 3 heterocycles. The molecule has 6 heteroatoms. The Morgan fingerprint density at radius 2 is 1.65 bits per heavy atom. The molecule has 4 aromatic carbocycles. The first kappa shape index (κ1) is 34.6. The van der Waals surface area contributed by atoms with Crippen LogP contribution in [-0.2, 0) is 32.9 Å². The van der Waals surface area contributed by atoms with E-state index < -0.39 is 26.0 Å². The largest absolute Gasteiger partial charge is 0.501 e. The van der Waals surface area contributed by atoms with Crippen molar-refractivity contribution in [3.63, 3.8) is 0 Å². The minimum atomic E-state index is -2.27. The van der Waals surface area contributed by atoms with Crippen LogP contribution in [0, 0.1) is 29.8 Å². The maximum absolute atomic E-state index is 13.1. The van der Waals surface area contributed by atoms with E-state index in [1.54, 1.807) is 12.3 Å². The van der Waals surface area contributed by atoms with Crippen LogP contribution in [0.15, 0.2) is 114 Å². The van der Waals surface area contributed by atoms with Gasteiger partial charge in [-0.2, -0.15) is 0 Å². The first-order valence-corrected chi connectivity index (χ1v) is 26.1. The van der Waals surface area contributed by atoms with Crippen LogP contribution in [0.2, 0.25) is 17.3 Å². The van der Waals surface area contributed by atoms with Gasteiger partial charge in [-0.05, 0) is 41.2 Å². The van der Waals surface area contributed by atoms with Gasteiger partial charge in [-0.3, -0.25) is 0 Å². The van der Waals surface area contributed by atoms with Crippen molar-refractivity contribution < 1.29 is 34.4 Å². The van der Waals surface area contributed by atoms with E-state index in [4.69, 9.17) is 9.90 Å². The van der Waals surface area contributed by atoms with Gasteiger partial charge >= 0.3 is 132 Å². The molecule has 0 bridgehead atoms. The topological polar surface area (TPSA) is 38.9 Å². The fraction of sp³-hybridized carbons (Fsp3) is 0.292. The molecule has 1 saturated carbocycles. The van der Waals surface area contributed by atoms with E-state index in [1.807, 2.05) is 68.6 Å². The molecule has 1 aliphatic rings. The molecule has 1 radical (unpaired) electrons. The van der Waals surface area contributed by atoms with Gasteiger partial charge in [0.05, 0.1) is 5.58 Å². The number of rotatable bonds is 8. The van der Waals surface area contributed by atoms with Crippen molar-refractivity contribution >= 4 is 39.6 Å². The molecule has 0 unspecified atom stereocenters. The molecule has 0 aliphatic heterocycles. The Morgan fingerprint density at radius 1 is 0.852 bits per heavy atom. The predicted molar refractivity (Wildman–Crippen MR) is 221 cm³/mol. The summed E-state index contributed by atoms with van der Waals surface area (Å²) in [5.74, 6) is 6.28. The SMILES string of the molecule is [2H]C([2H])(c1cc(-c2[c-]cc(F)cc2)nc[c]1[Ge]([CH3])([CH3])[CH3])C(C)C.[2H]C([2H])(c1ccnc(-c2[c-]ccc3c2oc2cc(-c4ccccc4)ccc23)c1)C1CCCCC1.[Ir]. The maximum atomic E-state index is 13.1. The molecule has 3 aromatic heterocycles. The van der Waals surface area contributed by atoms with E-state index in [9.17, 15) is 4.39 Å². The Kier molecular flexibility index (Phi) is 11.3. The third-order valence-electron chi connectivity index (χ3n) is 9.74. The summed E-state index contributed by atoms with van der Waals surface area (Å²) >= 11 is -2.27. The van der Waals surface area contributed by atoms with Crippen LogP contribution in [0.4, 0.5) is 4.39 Å². The minimum absolute atomic E-state index is 0. The van der Waals surface area contributed by atoms with Crippen LogP contribution in [0.1, 0.15) is 62.6 Å². The summed E-state index contributed by atoms with van der Waals surface area (Å²) in [6, 6.07) is 36.6. The fourth-order valence-corrected chi connectivity index (χ4v) is 10.0. The molecular formula is C48H49FGeIrN2O-2. The minimum Gasteiger partial charge on any atom is -0.501 e. The molecule has 54 heavy (non-hydrogen) atoms. The van der Waals surface area contributed by atoms with Crippen molar-refractivity contribution in [2.24, 2.45) is 11.8 Å². The van der Waals surface area contributed by atoms with Gasteiger partial charge in [0.25, 0.3) is 0 Å². The molecule has 279 valence electrons. The number of fused-ring (bicyclic) bond motifs is 3. The number of benzene rings is 4. The van der Waals surface area contributed by atoms with E-state index in [-0.39, 0.29) is 37.8 Å². The van der Waals surface area contributed by atoms with Crippen molar-refractivity contribution in [1.29, 1.82) is 0 Å². The van der Waals surface area contributed by atoms with Crippen molar-refractivity contribution in [3.8, 4) is 33.6 Å². The summed E-state index contributed by atoms with van der Waals surface area (Å²) in [7, 11) is 0. The van der Waals surface area contributed by atoms with E-state index in [2.05, 4.69) is 69.7 Å². The summed E-state index contributed by atoms with van der Waals surface area (Å²) in [5, 5.41) is 2.07. The van der Waals surface area contributed by atoms with Crippen molar-refractivity contribution in [3.05, 3.63) is 139 Å². The normalized spacial score (nSPS) is 15.1. The van der Waals surface area contributed by atoms with Gasteiger partial charge < -0.3 is 9.40 Å². The zero-order chi connectivity index (χ0) is 40.5. The van der Waals surface area contributed by atoms with Gasteiger partial charge in [0.2, 0.25) is 0 Å². The monoisotopic (exact) mass is 959 g/mol.